The minimum atomic E-state index is -0.306. The Hall–Kier alpha value is -7.23. The predicted molar refractivity (Wildman–Crippen MR) is 206 cm³/mol. The van der Waals surface area contributed by atoms with Crippen molar-refractivity contribution in [1.29, 1.82) is 5.26 Å². The lowest BCUT2D eigenvalue weighted by molar-refractivity contribution is 0.628. The van der Waals surface area contributed by atoms with Gasteiger partial charge in [0.25, 0.3) is 0 Å². The van der Waals surface area contributed by atoms with Crippen molar-refractivity contribution in [2.24, 2.45) is 0 Å². The van der Waals surface area contributed by atoms with Crippen LogP contribution in [0.25, 0.3) is 83.9 Å². The quantitative estimate of drug-likeness (QED) is 0.177. The Balaban J connectivity index is 1.30. The molecule has 0 aliphatic heterocycles. The smallest absolute Gasteiger partial charge is 0.164 e. The SMILES string of the molecule is N#Cc1ccc(-c2ccc3c(c2)c2ccccc2n3-c2cc(-c3nc(-c4ccccc4)nc(-c4ccccc4)n3)ccc2-c2cccc(F)c2)cc1. The number of nitrogens with zero attached hydrogens (tertiary/aromatic N) is 5. The molecule has 0 aliphatic carbocycles. The lowest BCUT2D eigenvalue weighted by Gasteiger charge is -2.16. The average Bonchev–Trinajstić information content (AvgIpc) is 3.54. The Morgan fingerprint density at radius 3 is 1.69 bits per heavy atom. The van der Waals surface area contributed by atoms with Gasteiger partial charge in [-0.1, -0.05) is 121 Å². The van der Waals surface area contributed by atoms with Crippen LogP contribution in [0, 0.1) is 17.1 Å². The molecule has 0 saturated carbocycles. The molecule has 0 N–H and O–H groups in total. The van der Waals surface area contributed by atoms with Gasteiger partial charge in [0.15, 0.2) is 17.5 Å². The fraction of sp³-hybridized carbons (Fsp3) is 0. The molecule has 0 saturated heterocycles. The number of benzene rings is 7. The van der Waals surface area contributed by atoms with Crippen molar-refractivity contribution in [2.45, 2.75) is 0 Å². The van der Waals surface area contributed by atoms with Crippen molar-refractivity contribution in [2.75, 3.05) is 0 Å². The molecular formula is C46H28FN5. The maximum atomic E-state index is 14.8. The molecule has 0 amide bonds. The number of hydrogen-bond donors (Lipinski definition) is 0. The summed E-state index contributed by atoms with van der Waals surface area (Å²) in [5.41, 5.74) is 9.76. The van der Waals surface area contributed by atoms with E-state index >= 15 is 0 Å². The Morgan fingerprint density at radius 2 is 1.02 bits per heavy atom. The van der Waals surface area contributed by atoms with Crippen LogP contribution in [-0.2, 0) is 0 Å². The second-order valence-corrected chi connectivity index (χ2v) is 12.6. The lowest BCUT2D eigenvalue weighted by Crippen LogP contribution is -2.02. The fourth-order valence-corrected chi connectivity index (χ4v) is 6.84. The van der Waals surface area contributed by atoms with Gasteiger partial charge in [0.1, 0.15) is 5.82 Å². The van der Waals surface area contributed by atoms with E-state index in [9.17, 15) is 9.65 Å². The molecule has 244 valence electrons. The van der Waals surface area contributed by atoms with Gasteiger partial charge in [0.05, 0.1) is 28.4 Å². The zero-order chi connectivity index (χ0) is 35.0. The third kappa shape index (κ3) is 5.57. The highest BCUT2D eigenvalue weighted by molar-refractivity contribution is 6.11. The largest absolute Gasteiger partial charge is 0.309 e. The number of aromatic nitrogens is 4. The normalized spacial score (nSPS) is 11.2. The first-order chi connectivity index (χ1) is 25.6. The Kier molecular flexibility index (Phi) is 7.64. The van der Waals surface area contributed by atoms with E-state index in [1.807, 2.05) is 115 Å². The van der Waals surface area contributed by atoms with Crippen LogP contribution in [-0.4, -0.2) is 19.5 Å². The highest BCUT2D eigenvalue weighted by Gasteiger charge is 2.19. The van der Waals surface area contributed by atoms with E-state index in [0.717, 1.165) is 66.4 Å². The highest BCUT2D eigenvalue weighted by atomic mass is 19.1. The molecule has 52 heavy (non-hydrogen) atoms. The first-order valence-electron chi connectivity index (χ1n) is 16.9. The number of rotatable bonds is 6. The molecule has 9 rings (SSSR count). The third-order valence-electron chi connectivity index (χ3n) is 9.35. The van der Waals surface area contributed by atoms with Gasteiger partial charge in [0.2, 0.25) is 0 Å². The summed E-state index contributed by atoms with van der Waals surface area (Å²) in [5.74, 6) is 1.38. The molecule has 0 radical (unpaired) electrons. The molecule has 0 aliphatic rings. The standard InChI is InChI=1S/C46H28FN5/c47-37-15-9-14-35(26-37)38-24-22-36(46-50-44(32-10-3-1-4-11-32)49-45(51-46)33-12-5-2-6-13-33)28-43(38)52-41-17-8-7-16-39(41)40-27-34(23-25-42(40)52)31-20-18-30(29-48)19-21-31/h1-28H. The second kappa shape index (κ2) is 12.9. The zero-order valence-electron chi connectivity index (χ0n) is 27.8. The van der Waals surface area contributed by atoms with Gasteiger partial charge in [-0.2, -0.15) is 5.26 Å². The first kappa shape index (κ1) is 30.8. The van der Waals surface area contributed by atoms with Gasteiger partial charge in [-0.3, -0.25) is 0 Å². The molecule has 9 aromatic rings. The van der Waals surface area contributed by atoms with E-state index in [1.165, 1.54) is 6.07 Å². The van der Waals surface area contributed by atoms with Crippen LogP contribution in [0.5, 0.6) is 0 Å². The minimum Gasteiger partial charge on any atom is -0.309 e. The second-order valence-electron chi connectivity index (χ2n) is 12.6. The van der Waals surface area contributed by atoms with E-state index in [2.05, 4.69) is 47.0 Å². The van der Waals surface area contributed by atoms with Gasteiger partial charge in [0, 0.05) is 33.0 Å². The van der Waals surface area contributed by atoms with Crippen LogP contribution in [0.3, 0.4) is 0 Å². The van der Waals surface area contributed by atoms with Gasteiger partial charge in [-0.25, -0.2) is 19.3 Å². The average molecular weight is 670 g/mol. The Morgan fingerprint density at radius 1 is 0.442 bits per heavy atom. The van der Waals surface area contributed by atoms with Crippen LogP contribution < -0.4 is 0 Å². The van der Waals surface area contributed by atoms with Crippen LogP contribution in [0.2, 0.25) is 0 Å². The van der Waals surface area contributed by atoms with Gasteiger partial charge in [-0.15, -0.1) is 0 Å². The predicted octanol–water partition coefficient (Wildman–Crippen LogP) is 11.3. The van der Waals surface area contributed by atoms with Crippen molar-refractivity contribution in [3.63, 3.8) is 0 Å². The topological polar surface area (TPSA) is 67.4 Å². The molecule has 7 aromatic carbocycles. The summed E-state index contributed by atoms with van der Waals surface area (Å²) in [7, 11) is 0. The van der Waals surface area contributed by atoms with Crippen molar-refractivity contribution in [1.82, 2.24) is 19.5 Å². The summed E-state index contributed by atoms with van der Waals surface area (Å²) in [6, 6.07) is 57.3. The molecule has 0 fully saturated rings. The van der Waals surface area contributed by atoms with E-state index in [4.69, 9.17) is 15.0 Å². The van der Waals surface area contributed by atoms with E-state index < -0.39 is 0 Å². The molecule has 2 aromatic heterocycles. The lowest BCUT2D eigenvalue weighted by atomic mass is 10.00. The first-order valence-corrected chi connectivity index (χ1v) is 16.9. The Bertz CT molecular complexity index is 2740. The minimum absolute atomic E-state index is 0.306. The number of nitriles is 1. The van der Waals surface area contributed by atoms with E-state index in [-0.39, 0.29) is 5.82 Å². The fourth-order valence-electron chi connectivity index (χ4n) is 6.84. The monoisotopic (exact) mass is 669 g/mol. The summed E-state index contributed by atoms with van der Waals surface area (Å²) in [4.78, 5) is 14.9. The summed E-state index contributed by atoms with van der Waals surface area (Å²) in [6.07, 6.45) is 0. The van der Waals surface area contributed by atoms with Crippen molar-refractivity contribution >= 4 is 21.8 Å². The molecular weight excluding hydrogens is 642 g/mol. The highest BCUT2D eigenvalue weighted by Crippen LogP contribution is 2.39. The van der Waals surface area contributed by atoms with Crippen molar-refractivity contribution < 1.29 is 4.39 Å². The van der Waals surface area contributed by atoms with E-state index in [0.29, 0.717) is 23.0 Å². The van der Waals surface area contributed by atoms with Crippen molar-refractivity contribution in [3.05, 3.63) is 181 Å². The number of para-hydroxylation sites is 1. The van der Waals surface area contributed by atoms with Crippen LogP contribution in [0.4, 0.5) is 4.39 Å². The van der Waals surface area contributed by atoms with Gasteiger partial charge in [-0.05, 0) is 65.2 Å². The summed E-state index contributed by atoms with van der Waals surface area (Å²) in [5, 5.41) is 11.5. The van der Waals surface area contributed by atoms with E-state index in [1.54, 1.807) is 12.1 Å². The molecule has 5 nitrogen and oxygen atoms in total. The van der Waals surface area contributed by atoms with Crippen molar-refractivity contribution in [3.8, 4) is 68.2 Å². The number of fused-ring (bicyclic) bond motifs is 3. The molecule has 6 heteroatoms. The molecule has 0 unspecified atom stereocenters. The molecule has 0 spiro atoms. The van der Waals surface area contributed by atoms with Gasteiger partial charge >= 0.3 is 0 Å². The summed E-state index contributed by atoms with van der Waals surface area (Å²) < 4.78 is 17.0. The molecule has 2 heterocycles. The molecule has 0 bridgehead atoms. The zero-order valence-corrected chi connectivity index (χ0v) is 27.8. The number of hydrogen-bond acceptors (Lipinski definition) is 4. The van der Waals surface area contributed by atoms with Crippen LogP contribution in [0.1, 0.15) is 5.56 Å². The maximum Gasteiger partial charge on any atom is 0.164 e. The summed E-state index contributed by atoms with van der Waals surface area (Å²) in [6.45, 7) is 0. The van der Waals surface area contributed by atoms with Crippen LogP contribution in [0.15, 0.2) is 170 Å². The van der Waals surface area contributed by atoms with Gasteiger partial charge < -0.3 is 4.57 Å². The maximum absolute atomic E-state index is 14.8. The third-order valence-corrected chi connectivity index (χ3v) is 9.35. The number of halogens is 1. The molecule has 0 atom stereocenters. The summed E-state index contributed by atoms with van der Waals surface area (Å²) >= 11 is 0. The van der Waals surface area contributed by atoms with Crippen LogP contribution >= 0.6 is 0 Å². The Labute approximate surface area is 299 Å².